The number of nitrogens with zero attached hydrogens (tertiary/aromatic N) is 2. The van der Waals surface area contributed by atoms with Gasteiger partial charge in [0.15, 0.2) is 0 Å². The Bertz CT molecular complexity index is 1330. The number of aliphatic hydroxyl groups is 2. The van der Waals surface area contributed by atoms with E-state index in [1.165, 1.54) is 24.4 Å². The van der Waals surface area contributed by atoms with E-state index in [1.807, 2.05) is 42.2 Å². The normalized spacial score (nSPS) is 19.0. The monoisotopic (exact) mass is 543 g/mol. The lowest BCUT2D eigenvalue weighted by Gasteiger charge is -2.29. The number of nitrogens with one attached hydrogen (secondary N) is 1. The Morgan fingerprint density at radius 2 is 1.90 bits per heavy atom. The van der Waals surface area contributed by atoms with Crippen LogP contribution in [0.15, 0.2) is 60.8 Å². The summed E-state index contributed by atoms with van der Waals surface area (Å²) in [6.45, 7) is 5.58. The molecule has 1 aromatic heterocycles. The summed E-state index contributed by atoms with van der Waals surface area (Å²) < 4.78 is 42.5. The standard InChI is InChI=1S/C29H32F3N3O4/c1-4-28(3,19-9-7-10-22(12-19)39-29(30,31)32)27(38)34-25-15-33-26(35-16-21(37)13-20(35)17-36)14-24(25)23-11-6-5-8-18(23)2/h5-12,14-15,20-21,36-37H,4,13,16-17H2,1-3H3,(H,34,38). The number of hydrogen-bond donors (Lipinski definition) is 3. The van der Waals surface area contributed by atoms with Crippen molar-refractivity contribution in [2.45, 2.75) is 57.5 Å². The molecule has 3 N–H and O–H groups in total. The maximum atomic E-state index is 13.7. The highest BCUT2D eigenvalue weighted by Crippen LogP contribution is 2.37. The van der Waals surface area contributed by atoms with Gasteiger partial charge in [-0.25, -0.2) is 4.98 Å². The summed E-state index contributed by atoms with van der Waals surface area (Å²) in [6.07, 6.45) is -3.17. The molecule has 1 saturated heterocycles. The summed E-state index contributed by atoms with van der Waals surface area (Å²) in [6, 6.07) is 14.6. The Morgan fingerprint density at radius 1 is 1.15 bits per heavy atom. The number of aryl methyl sites for hydroxylation is 1. The van der Waals surface area contributed by atoms with Crippen molar-refractivity contribution >= 4 is 17.4 Å². The minimum absolute atomic E-state index is 0.136. The number of benzene rings is 2. The number of pyridine rings is 1. The fraction of sp³-hybridized carbons (Fsp3) is 0.379. The number of ether oxygens (including phenoxy) is 1. The topological polar surface area (TPSA) is 94.9 Å². The summed E-state index contributed by atoms with van der Waals surface area (Å²) in [4.78, 5) is 20.1. The number of hydrogen-bond acceptors (Lipinski definition) is 6. The van der Waals surface area contributed by atoms with Gasteiger partial charge in [0.2, 0.25) is 5.91 Å². The maximum absolute atomic E-state index is 13.7. The van der Waals surface area contributed by atoms with Crippen LogP contribution in [0.3, 0.4) is 0 Å². The molecule has 1 aliphatic rings. The number of alkyl halides is 3. The Kier molecular flexibility index (Phi) is 8.17. The molecule has 10 heteroatoms. The van der Waals surface area contributed by atoms with Crippen molar-refractivity contribution in [3.8, 4) is 16.9 Å². The molecule has 4 rings (SSSR count). The molecule has 7 nitrogen and oxygen atoms in total. The largest absolute Gasteiger partial charge is 0.573 e. The number of halogens is 3. The lowest BCUT2D eigenvalue weighted by Crippen LogP contribution is -2.37. The van der Waals surface area contributed by atoms with Crippen LogP contribution in [0, 0.1) is 6.92 Å². The first kappa shape index (κ1) is 28.4. The molecule has 1 amide bonds. The van der Waals surface area contributed by atoms with Gasteiger partial charge in [0.05, 0.1) is 36.1 Å². The quantitative estimate of drug-likeness (QED) is 0.362. The van der Waals surface area contributed by atoms with E-state index in [4.69, 9.17) is 0 Å². The highest BCUT2D eigenvalue weighted by molar-refractivity contribution is 6.02. The average Bonchev–Trinajstić information content (AvgIpc) is 3.28. The minimum atomic E-state index is -4.85. The third-order valence-corrected chi connectivity index (χ3v) is 7.38. The van der Waals surface area contributed by atoms with Gasteiger partial charge in [0.25, 0.3) is 0 Å². The van der Waals surface area contributed by atoms with Crippen molar-refractivity contribution in [2.75, 3.05) is 23.4 Å². The molecule has 1 fully saturated rings. The van der Waals surface area contributed by atoms with Crippen molar-refractivity contribution < 1.29 is 32.9 Å². The molecule has 39 heavy (non-hydrogen) atoms. The van der Waals surface area contributed by atoms with Gasteiger partial charge in [-0.1, -0.05) is 43.3 Å². The summed E-state index contributed by atoms with van der Waals surface area (Å²) in [5.41, 5.74) is 2.14. The Balaban J connectivity index is 1.72. The van der Waals surface area contributed by atoms with Gasteiger partial charge in [-0.2, -0.15) is 0 Å². The van der Waals surface area contributed by atoms with Crippen molar-refractivity contribution in [2.24, 2.45) is 0 Å². The van der Waals surface area contributed by atoms with Crippen LogP contribution in [-0.4, -0.2) is 52.8 Å². The van der Waals surface area contributed by atoms with Gasteiger partial charge in [0.1, 0.15) is 11.6 Å². The summed E-state index contributed by atoms with van der Waals surface area (Å²) in [5, 5.41) is 22.9. The van der Waals surface area contributed by atoms with Gasteiger partial charge in [0, 0.05) is 12.1 Å². The SMILES string of the molecule is CCC(C)(C(=O)Nc1cnc(N2CC(O)CC2CO)cc1-c1ccccc1C)c1cccc(OC(F)(F)F)c1. The van der Waals surface area contributed by atoms with Crippen LogP contribution in [0.2, 0.25) is 0 Å². The van der Waals surface area contributed by atoms with Crippen LogP contribution in [0.25, 0.3) is 11.1 Å². The van der Waals surface area contributed by atoms with Crippen LogP contribution in [0.4, 0.5) is 24.7 Å². The second-order valence-corrected chi connectivity index (χ2v) is 10.00. The second-order valence-electron chi connectivity index (χ2n) is 10.00. The van der Waals surface area contributed by atoms with Crippen LogP contribution in [0.5, 0.6) is 5.75 Å². The molecule has 0 saturated carbocycles. The van der Waals surface area contributed by atoms with Gasteiger partial charge >= 0.3 is 6.36 Å². The minimum Gasteiger partial charge on any atom is -0.406 e. The first-order valence-electron chi connectivity index (χ1n) is 12.7. The van der Waals surface area contributed by atoms with Crippen molar-refractivity contribution in [1.29, 1.82) is 0 Å². The predicted octanol–water partition coefficient (Wildman–Crippen LogP) is 5.19. The Hall–Kier alpha value is -3.63. The zero-order valence-corrected chi connectivity index (χ0v) is 22.0. The number of β-amino-alcohol motifs (C(OH)–C–C–N with tert-alkyl or cyclic N) is 1. The molecule has 3 aromatic rings. The first-order valence-corrected chi connectivity index (χ1v) is 12.7. The first-order chi connectivity index (χ1) is 18.4. The number of anilines is 2. The van der Waals surface area contributed by atoms with Gasteiger partial charge < -0.3 is 25.2 Å². The predicted molar refractivity (Wildman–Crippen MR) is 143 cm³/mol. The van der Waals surface area contributed by atoms with Crippen molar-refractivity contribution in [3.05, 3.63) is 71.9 Å². The van der Waals surface area contributed by atoms with Crippen LogP contribution >= 0.6 is 0 Å². The molecule has 2 heterocycles. The summed E-state index contributed by atoms with van der Waals surface area (Å²) >= 11 is 0. The summed E-state index contributed by atoms with van der Waals surface area (Å²) in [5.74, 6) is -0.259. The van der Waals surface area contributed by atoms with E-state index in [2.05, 4.69) is 15.0 Å². The van der Waals surface area contributed by atoms with E-state index in [0.717, 1.165) is 11.1 Å². The van der Waals surface area contributed by atoms with Gasteiger partial charge in [-0.3, -0.25) is 4.79 Å². The van der Waals surface area contributed by atoms with Gasteiger partial charge in [-0.05, 0) is 61.6 Å². The zero-order chi connectivity index (χ0) is 28.4. The zero-order valence-electron chi connectivity index (χ0n) is 22.0. The smallest absolute Gasteiger partial charge is 0.406 e. The van der Waals surface area contributed by atoms with E-state index < -0.39 is 29.5 Å². The van der Waals surface area contributed by atoms with E-state index in [1.54, 1.807) is 19.9 Å². The van der Waals surface area contributed by atoms with E-state index in [0.29, 0.717) is 42.0 Å². The molecule has 1 aliphatic heterocycles. The molecule has 0 aliphatic carbocycles. The maximum Gasteiger partial charge on any atom is 0.573 e. The van der Waals surface area contributed by atoms with Crippen LogP contribution in [0.1, 0.15) is 37.8 Å². The van der Waals surface area contributed by atoms with E-state index in [9.17, 15) is 28.2 Å². The molecule has 208 valence electrons. The second kappa shape index (κ2) is 11.2. The molecular weight excluding hydrogens is 511 g/mol. The molecular formula is C29H32F3N3O4. The average molecular weight is 544 g/mol. The van der Waals surface area contributed by atoms with E-state index >= 15 is 0 Å². The van der Waals surface area contributed by atoms with Gasteiger partial charge in [-0.15, -0.1) is 13.2 Å². The molecule has 0 radical (unpaired) electrons. The highest BCUT2D eigenvalue weighted by Gasteiger charge is 2.37. The van der Waals surface area contributed by atoms with Crippen LogP contribution in [-0.2, 0) is 10.2 Å². The number of carbonyl (C=O) groups excluding carboxylic acids is 1. The molecule has 3 unspecified atom stereocenters. The van der Waals surface area contributed by atoms with Crippen molar-refractivity contribution in [3.63, 3.8) is 0 Å². The molecule has 0 bridgehead atoms. The Labute approximate surface area is 225 Å². The fourth-order valence-corrected chi connectivity index (χ4v) is 4.94. The molecule has 2 aromatic carbocycles. The molecule has 3 atom stereocenters. The number of aromatic nitrogens is 1. The lowest BCUT2D eigenvalue weighted by atomic mass is 9.79. The number of carbonyl (C=O) groups is 1. The number of amides is 1. The fourth-order valence-electron chi connectivity index (χ4n) is 4.94. The lowest BCUT2D eigenvalue weighted by molar-refractivity contribution is -0.274. The summed E-state index contributed by atoms with van der Waals surface area (Å²) in [7, 11) is 0. The van der Waals surface area contributed by atoms with Crippen molar-refractivity contribution in [1.82, 2.24) is 4.98 Å². The highest BCUT2D eigenvalue weighted by atomic mass is 19.4. The van der Waals surface area contributed by atoms with Crippen LogP contribution < -0.4 is 15.0 Å². The number of aliphatic hydroxyl groups excluding tert-OH is 2. The number of rotatable bonds is 8. The Morgan fingerprint density at radius 3 is 2.56 bits per heavy atom. The molecule has 0 spiro atoms. The van der Waals surface area contributed by atoms with E-state index in [-0.39, 0.29) is 12.6 Å². The third-order valence-electron chi connectivity index (χ3n) is 7.38. The third kappa shape index (κ3) is 6.17.